The van der Waals surface area contributed by atoms with Crippen LogP contribution in [0, 0.1) is 6.92 Å². The predicted molar refractivity (Wildman–Crippen MR) is 123 cm³/mol. The number of rotatable bonds is 6. The van der Waals surface area contributed by atoms with Crippen molar-refractivity contribution in [3.8, 4) is 5.75 Å². The number of benzene rings is 2. The standard InChI is InChI=1S/C18H26N2O2.C7H6O2/c1-4-22-14-6-9-20(10-7-14)12-16-15-5-8-19-18(15)13(2)11-17(16)21-3;8-7(9)6-4-2-1-3-5-6/h5,8,11,14,19H,4,6-7,9-10,12H2,1-3H3;1-5H,(H,8,9). The maximum atomic E-state index is 10.2. The minimum Gasteiger partial charge on any atom is -0.496 e. The molecule has 31 heavy (non-hydrogen) atoms. The number of fused-ring (bicyclic) bond motifs is 1. The van der Waals surface area contributed by atoms with Gasteiger partial charge in [-0.25, -0.2) is 4.79 Å². The molecule has 0 radical (unpaired) electrons. The van der Waals surface area contributed by atoms with Crippen molar-refractivity contribution in [3.05, 3.63) is 65.4 Å². The van der Waals surface area contributed by atoms with Crippen molar-refractivity contribution in [1.82, 2.24) is 9.88 Å². The second-order valence-electron chi connectivity index (χ2n) is 7.74. The Balaban J connectivity index is 0.000000254. The Hall–Kier alpha value is -2.83. The van der Waals surface area contributed by atoms with Gasteiger partial charge in [0.1, 0.15) is 5.75 Å². The van der Waals surface area contributed by atoms with Crippen LogP contribution in [0.25, 0.3) is 10.9 Å². The third-order valence-electron chi connectivity index (χ3n) is 5.67. The highest BCUT2D eigenvalue weighted by Gasteiger charge is 2.21. The van der Waals surface area contributed by atoms with Crippen molar-refractivity contribution in [2.75, 3.05) is 26.8 Å². The van der Waals surface area contributed by atoms with Gasteiger partial charge in [-0.2, -0.15) is 0 Å². The number of aryl methyl sites for hydroxylation is 1. The van der Waals surface area contributed by atoms with Crippen LogP contribution < -0.4 is 4.74 Å². The quantitative estimate of drug-likeness (QED) is 0.590. The Bertz CT molecular complexity index is 976. The molecule has 1 aliphatic heterocycles. The van der Waals surface area contributed by atoms with Gasteiger partial charge in [0.15, 0.2) is 0 Å². The molecule has 0 aliphatic carbocycles. The molecule has 4 rings (SSSR count). The zero-order chi connectivity index (χ0) is 22.2. The number of carboxylic acid groups (broad SMARTS) is 1. The minimum absolute atomic E-state index is 0.331. The van der Waals surface area contributed by atoms with Gasteiger partial charge in [-0.05, 0) is 56.5 Å². The minimum atomic E-state index is -0.879. The second kappa shape index (κ2) is 11.0. The molecule has 166 valence electrons. The molecule has 0 bridgehead atoms. The normalized spacial score (nSPS) is 14.8. The van der Waals surface area contributed by atoms with Crippen LogP contribution in [0.4, 0.5) is 0 Å². The largest absolute Gasteiger partial charge is 0.496 e. The van der Waals surface area contributed by atoms with E-state index in [1.807, 2.05) is 6.20 Å². The summed E-state index contributed by atoms with van der Waals surface area (Å²) in [4.78, 5) is 16.1. The van der Waals surface area contributed by atoms with E-state index in [2.05, 4.69) is 35.9 Å². The van der Waals surface area contributed by atoms with Crippen LogP contribution in [0.2, 0.25) is 0 Å². The molecule has 1 aromatic heterocycles. The Morgan fingerprint density at radius 3 is 2.48 bits per heavy atom. The predicted octanol–water partition coefficient (Wildman–Crippen LogP) is 4.87. The lowest BCUT2D eigenvalue weighted by Gasteiger charge is -2.32. The number of H-pyrrole nitrogens is 1. The lowest BCUT2D eigenvalue weighted by molar-refractivity contribution is 0.0125. The van der Waals surface area contributed by atoms with Gasteiger partial charge in [-0.3, -0.25) is 4.90 Å². The van der Waals surface area contributed by atoms with Crippen molar-refractivity contribution >= 4 is 16.9 Å². The molecular formula is C25H32N2O4. The van der Waals surface area contributed by atoms with E-state index in [9.17, 15) is 4.79 Å². The molecule has 0 spiro atoms. The number of ether oxygens (including phenoxy) is 2. The highest BCUT2D eigenvalue weighted by Crippen LogP contribution is 2.32. The number of hydrogen-bond acceptors (Lipinski definition) is 4. The van der Waals surface area contributed by atoms with Gasteiger partial charge < -0.3 is 19.6 Å². The molecule has 2 aromatic carbocycles. The molecule has 6 heteroatoms. The van der Waals surface area contributed by atoms with Crippen LogP contribution in [0.5, 0.6) is 5.75 Å². The van der Waals surface area contributed by atoms with Gasteiger partial charge in [-0.15, -0.1) is 0 Å². The summed E-state index contributed by atoms with van der Waals surface area (Å²) >= 11 is 0. The molecule has 0 amide bonds. The molecule has 3 aromatic rings. The molecule has 0 saturated carbocycles. The van der Waals surface area contributed by atoms with Crippen molar-refractivity contribution < 1.29 is 19.4 Å². The zero-order valence-electron chi connectivity index (χ0n) is 18.6. The van der Waals surface area contributed by atoms with E-state index in [0.717, 1.165) is 44.8 Å². The van der Waals surface area contributed by atoms with Crippen LogP contribution in [-0.2, 0) is 11.3 Å². The van der Waals surface area contributed by atoms with E-state index >= 15 is 0 Å². The Kier molecular flexibility index (Phi) is 8.09. The smallest absolute Gasteiger partial charge is 0.335 e. The molecule has 2 heterocycles. The van der Waals surface area contributed by atoms with Crippen LogP contribution in [0.3, 0.4) is 0 Å². The number of carboxylic acids is 1. The highest BCUT2D eigenvalue weighted by atomic mass is 16.5. The zero-order valence-corrected chi connectivity index (χ0v) is 18.6. The third kappa shape index (κ3) is 5.87. The van der Waals surface area contributed by atoms with E-state index in [1.165, 1.54) is 22.0 Å². The summed E-state index contributed by atoms with van der Waals surface area (Å²) in [5, 5.41) is 9.67. The highest BCUT2D eigenvalue weighted by molar-refractivity contribution is 5.88. The monoisotopic (exact) mass is 424 g/mol. The van der Waals surface area contributed by atoms with Gasteiger partial charge >= 0.3 is 5.97 Å². The summed E-state index contributed by atoms with van der Waals surface area (Å²) in [7, 11) is 1.76. The molecule has 6 nitrogen and oxygen atoms in total. The number of nitrogens with zero attached hydrogens (tertiary/aromatic N) is 1. The Morgan fingerprint density at radius 1 is 1.19 bits per heavy atom. The number of likely N-dealkylation sites (tertiary alicyclic amines) is 1. The summed E-state index contributed by atoms with van der Waals surface area (Å²) in [6.45, 7) is 8.14. The van der Waals surface area contributed by atoms with Gasteiger partial charge in [0, 0.05) is 48.9 Å². The molecular weight excluding hydrogens is 392 g/mol. The fourth-order valence-electron chi connectivity index (χ4n) is 4.06. The summed E-state index contributed by atoms with van der Waals surface area (Å²) in [6.07, 6.45) is 4.70. The van der Waals surface area contributed by atoms with Crippen molar-refractivity contribution in [1.29, 1.82) is 0 Å². The summed E-state index contributed by atoms with van der Waals surface area (Å²) in [6, 6.07) is 12.6. The van der Waals surface area contributed by atoms with Crippen molar-refractivity contribution in [3.63, 3.8) is 0 Å². The van der Waals surface area contributed by atoms with E-state index in [0.29, 0.717) is 11.7 Å². The lowest BCUT2D eigenvalue weighted by Crippen LogP contribution is -2.36. The van der Waals surface area contributed by atoms with Crippen molar-refractivity contribution in [2.45, 2.75) is 39.3 Å². The first-order valence-electron chi connectivity index (χ1n) is 10.8. The molecule has 1 fully saturated rings. The van der Waals surface area contributed by atoms with Gasteiger partial charge in [-0.1, -0.05) is 18.2 Å². The lowest BCUT2D eigenvalue weighted by atomic mass is 10.0. The number of carbonyl (C=O) groups is 1. The maximum Gasteiger partial charge on any atom is 0.335 e. The number of nitrogens with one attached hydrogen (secondary N) is 1. The first kappa shape index (κ1) is 22.8. The average molecular weight is 425 g/mol. The summed E-state index contributed by atoms with van der Waals surface area (Å²) in [5.74, 6) is 0.118. The number of aromatic carboxylic acids is 1. The SMILES string of the molecule is CCOC1CCN(Cc2c(OC)cc(C)c3[nH]ccc23)CC1.O=C(O)c1ccccc1. The van der Waals surface area contributed by atoms with Crippen LogP contribution in [-0.4, -0.2) is 53.9 Å². The van der Waals surface area contributed by atoms with Crippen LogP contribution in [0.15, 0.2) is 48.7 Å². The van der Waals surface area contributed by atoms with Crippen LogP contribution in [0.1, 0.15) is 41.3 Å². The third-order valence-corrected chi connectivity index (χ3v) is 5.67. The number of hydrogen-bond donors (Lipinski definition) is 2. The van der Waals surface area contributed by atoms with Gasteiger partial charge in [0.05, 0.1) is 18.8 Å². The molecule has 1 aliphatic rings. The number of methoxy groups -OCH3 is 1. The van der Waals surface area contributed by atoms with Gasteiger partial charge in [0.25, 0.3) is 0 Å². The van der Waals surface area contributed by atoms with E-state index in [1.54, 1.807) is 37.4 Å². The first-order valence-corrected chi connectivity index (χ1v) is 10.8. The summed E-state index contributed by atoms with van der Waals surface area (Å²) < 4.78 is 11.4. The van der Waals surface area contributed by atoms with E-state index in [-0.39, 0.29) is 0 Å². The maximum absolute atomic E-state index is 10.2. The fraction of sp³-hybridized carbons (Fsp3) is 0.400. The molecule has 0 unspecified atom stereocenters. The van der Waals surface area contributed by atoms with Crippen molar-refractivity contribution in [2.24, 2.45) is 0 Å². The Morgan fingerprint density at radius 2 is 1.90 bits per heavy atom. The summed E-state index contributed by atoms with van der Waals surface area (Å²) in [5.41, 5.74) is 4.08. The molecule has 1 saturated heterocycles. The number of piperidine rings is 1. The average Bonchev–Trinajstić information content (AvgIpc) is 3.29. The molecule has 2 N–H and O–H groups in total. The fourth-order valence-corrected chi connectivity index (χ4v) is 4.06. The topological polar surface area (TPSA) is 74.8 Å². The number of aromatic nitrogens is 1. The molecule has 0 atom stereocenters. The van der Waals surface area contributed by atoms with Crippen LogP contribution >= 0.6 is 0 Å². The number of aromatic amines is 1. The van der Waals surface area contributed by atoms with E-state index in [4.69, 9.17) is 14.6 Å². The van der Waals surface area contributed by atoms with E-state index < -0.39 is 5.97 Å². The first-order chi connectivity index (χ1) is 15.0. The second-order valence-corrected chi connectivity index (χ2v) is 7.74. The van der Waals surface area contributed by atoms with Gasteiger partial charge in [0.2, 0.25) is 0 Å². The Labute approximate surface area is 183 Å².